The van der Waals surface area contributed by atoms with Gasteiger partial charge in [-0.1, -0.05) is 30.3 Å². The van der Waals surface area contributed by atoms with E-state index < -0.39 is 5.56 Å². The Labute approximate surface area is 140 Å². The second-order valence-corrected chi connectivity index (χ2v) is 5.47. The number of hydroxylamine groups is 1. The second kappa shape index (κ2) is 8.09. The number of rotatable bonds is 6. The number of H-pyrrole nitrogens is 1. The van der Waals surface area contributed by atoms with Gasteiger partial charge in [0.05, 0.1) is 6.61 Å². The highest BCUT2D eigenvalue weighted by molar-refractivity contribution is 5.75. The summed E-state index contributed by atoms with van der Waals surface area (Å²) in [6, 6.07) is 11.4. The summed E-state index contributed by atoms with van der Waals surface area (Å²) in [5.41, 5.74) is 5.17. The van der Waals surface area contributed by atoms with Crippen molar-refractivity contribution < 1.29 is 9.63 Å². The van der Waals surface area contributed by atoms with Crippen molar-refractivity contribution in [2.45, 2.75) is 33.3 Å². The van der Waals surface area contributed by atoms with Crippen molar-refractivity contribution in [1.29, 1.82) is 5.26 Å². The van der Waals surface area contributed by atoms with Crippen molar-refractivity contribution in [2.75, 3.05) is 0 Å². The van der Waals surface area contributed by atoms with Crippen LogP contribution in [0.4, 0.5) is 0 Å². The number of aryl methyl sites for hydroxylation is 1. The lowest BCUT2D eigenvalue weighted by atomic mass is 9.99. The van der Waals surface area contributed by atoms with Gasteiger partial charge in [-0.05, 0) is 37.0 Å². The Morgan fingerprint density at radius 3 is 2.67 bits per heavy atom. The Kier molecular flexibility index (Phi) is 5.88. The average molecular weight is 325 g/mol. The maximum atomic E-state index is 11.9. The molecule has 0 aliphatic heterocycles. The van der Waals surface area contributed by atoms with Crippen LogP contribution in [0.25, 0.3) is 0 Å². The molecular formula is C18H19N3O3. The lowest BCUT2D eigenvalue weighted by molar-refractivity contribution is -0.134. The molecule has 0 aliphatic carbocycles. The van der Waals surface area contributed by atoms with E-state index in [2.05, 4.69) is 10.5 Å². The van der Waals surface area contributed by atoms with Crippen molar-refractivity contribution in [1.82, 2.24) is 10.5 Å². The molecule has 1 aromatic heterocycles. The molecule has 1 heterocycles. The largest absolute Gasteiger partial charge is 0.325 e. The van der Waals surface area contributed by atoms with Crippen LogP contribution in [0.5, 0.6) is 0 Å². The molecule has 0 spiro atoms. The smallest absolute Gasteiger partial charge is 0.266 e. The lowest BCUT2D eigenvalue weighted by Crippen LogP contribution is -2.24. The molecule has 24 heavy (non-hydrogen) atoms. The Morgan fingerprint density at radius 1 is 1.29 bits per heavy atom. The molecule has 0 radical (unpaired) electrons. The van der Waals surface area contributed by atoms with E-state index in [0.717, 1.165) is 11.1 Å². The number of nitriles is 1. The second-order valence-electron chi connectivity index (χ2n) is 5.47. The van der Waals surface area contributed by atoms with Crippen LogP contribution >= 0.6 is 0 Å². The number of hydrogen-bond acceptors (Lipinski definition) is 4. The van der Waals surface area contributed by atoms with Crippen molar-refractivity contribution in [3.63, 3.8) is 0 Å². The quantitative estimate of drug-likeness (QED) is 0.795. The first-order valence-electron chi connectivity index (χ1n) is 7.60. The van der Waals surface area contributed by atoms with Gasteiger partial charge in [0.1, 0.15) is 11.6 Å². The zero-order chi connectivity index (χ0) is 17.5. The summed E-state index contributed by atoms with van der Waals surface area (Å²) in [4.78, 5) is 31.4. The predicted octanol–water partition coefficient (Wildman–Crippen LogP) is 2.04. The molecule has 6 heteroatoms. The molecule has 0 saturated carbocycles. The van der Waals surface area contributed by atoms with Gasteiger partial charge in [0.2, 0.25) is 5.91 Å². The van der Waals surface area contributed by atoms with Crippen LogP contribution in [-0.2, 0) is 22.7 Å². The van der Waals surface area contributed by atoms with E-state index in [-0.39, 0.29) is 17.9 Å². The number of benzene rings is 1. The topological polar surface area (TPSA) is 95.0 Å². The summed E-state index contributed by atoms with van der Waals surface area (Å²) in [5.74, 6) is -0.255. The first-order chi connectivity index (χ1) is 11.5. The maximum absolute atomic E-state index is 11.9. The van der Waals surface area contributed by atoms with Gasteiger partial charge in [-0.3, -0.25) is 14.4 Å². The molecular weight excluding hydrogens is 306 g/mol. The molecule has 0 fully saturated rings. The van der Waals surface area contributed by atoms with Crippen LogP contribution < -0.4 is 11.0 Å². The van der Waals surface area contributed by atoms with Gasteiger partial charge in [0.25, 0.3) is 5.56 Å². The normalized spacial score (nSPS) is 10.2. The Morgan fingerprint density at radius 2 is 2.00 bits per heavy atom. The Bertz CT molecular complexity index is 820. The van der Waals surface area contributed by atoms with Gasteiger partial charge < -0.3 is 4.98 Å². The first kappa shape index (κ1) is 17.4. The van der Waals surface area contributed by atoms with Crippen molar-refractivity contribution in [3.8, 4) is 6.07 Å². The van der Waals surface area contributed by atoms with E-state index in [1.54, 1.807) is 13.8 Å². The highest BCUT2D eigenvalue weighted by atomic mass is 16.6. The summed E-state index contributed by atoms with van der Waals surface area (Å²) >= 11 is 0. The predicted molar refractivity (Wildman–Crippen MR) is 88.9 cm³/mol. The van der Waals surface area contributed by atoms with Gasteiger partial charge in [-0.15, -0.1) is 0 Å². The lowest BCUT2D eigenvalue weighted by Gasteiger charge is -2.11. The number of aromatic amines is 1. The fourth-order valence-electron chi connectivity index (χ4n) is 2.48. The molecule has 2 aromatic rings. The van der Waals surface area contributed by atoms with Gasteiger partial charge in [0.15, 0.2) is 0 Å². The van der Waals surface area contributed by atoms with E-state index in [9.17, 15) is 9.59 Å². The fourth-order valence-corrected chi connectivity index (χ4v) is 2.48. The number of carbonyl (C=O) groups excluding carboxylic acids is 1. The number of carbonyl (C=O) groups is 1. The minimum absolute atomic E-state index is 0.0938. The van der Waals surface area contributed by atoms with Gasteiger partial charge >= 0.3 is 0 Å². The van der Waals surface area contributed by atoms with Gasteiger partial charge in [-0.2, -0.15) is 5.26 Å². The van der Waals surface area contributed by atoms with Crippen LogP contribution in [0.15, 0.2) is 35.1 Å². The van der Waals surface area contributed by atoms with E-state index in [1.165, 1.54) is 0 Å². The fraction of sp³-hybridized carbons (Fsp3) is 0.278. The number of hydrogen-bond donors (Lipinski definition) is 2. The minimum Gasteiger partial charge on any atom is -0.325 e. The molecule has 0 bridgehead atoms. The maximum Gasteiger partial charge on any atom is 0.266 e. The zero-order valence-corrected chi connectivity index (χ0v) is 13.7. The molecule has 0 unspecified atom stereocenters. The summed E-state index contributed by atoms with van der Waals surface area (Å²) < 4.78 is 0. The van der Waals surface area contributed by atoms with E-state index in [1.807, 2.05) is 36.4 Å². The van der Waals surface area contributed by atoms with Crippen molar-refractivity contribution in [3.05, 3.63) is 68.6 Å². The van der Waals surface area contributed by atoms with E-state index >= 15 is 0 Å². The highest BCUT2D eigenvalue weighted by Crippen LogP contribution is 2.14. The molecule has 0 atom stereocenters. The first-order valence-corrected chi connectivity index (χ1v) is 7.60. The van der Waals surface area contributed by atoms with Crippen LogP contribution in [0.3, 0.4) is 0 Å². The third-order valence-corrected chi connectivity index (χ3v) is 3.79. The van der Waals surface area contributed by atoms with Crippen LogP contribution in [0, 0.1) is 25.2 Å². The molecule has 2 rings (SSSR count). The average Bonchev–Trinajstić information content (AvgIpc) is 2.55. The molecule has 6 nitrogen and oxygen atoms in total. The molecule has 0 saturated heterocycles. The summed E-state index contributed by atoms with van der Waals surface area (Å²) in [7, 11) is 0. The van der Waals surface area contributed by atoms with Crippen LogP contribution in [0.1, 0.15) is 34.4 Å². The van der Waals surface area contributed by atoms with E-state index in [4.69, 9.17) is 10.1 Å². The Hall–Kier alpha value is -2.91. The van der Waals surface area contributed by atoms with Gasteiger partial charge in [-0.25, -0.2) is 5.48 Å². The Balaban J connectivity index is 1.90. The van der Waals surface area contributed by atoms with Crippen molar-refractivity contribution >= 4 is 5.91 Å². The monoisotopic (exact) mass is 325 g/mol. The number of nitrogens with one attached hydrogen (secondary N) is 2. The van der Waals surface area contributed by atoms with Crippen LogP contribution in [0.2, 0.25) is 0 Å². The standard InChI is InChI=1S/C18H19N3O3/c1-12-15(13(2)20-18(23)16(12)10-19)8-9-17(22)21-24-11-14-6-4-3-5-7-14/h3-7H,8-9,11H2,1-2H3,(H,20,23)(H,21,22). The molecule has 124 valence electrons. The summed E-state index contributed by atoms with van der Waals surface area (Å²) in [6.07, 6.45) is 0.622. The summed E-state index contributed by atoms with van der Waals surface area (Å²) in [5, 5.41) is 9.05. The van der Waals surface area contributed by atoms with Crippen molar-refractivity contribution in [2.24, 2.45) is 0 Å². The third kappa shape index (κ3) is 4.31. The number of pyridine rings is 1. The van der Waals surface area contributed by atoms with Gasteiger partial charge in [0, 0.05) is 12.1 Å². The number of amides is 1. The highest BCUT2D eigenvalue weighted by Gasteiger charge is 2.13. The minimum atomic E-state index is -0.396. The van der Waals surface area contributed by atoms with E-state index in [0.29, 0.717) is 24.3 Å². The SMILES string of the molecule is Cc1[nH]c(=O)c(C#N)c(C)c1CCC(=O)NOCc1ccccc1. The van der Waals surface area contributed by atoms with Crippen LogP contribution in [-0.4, -0.2) is 10.9 Å². The molecule has 1 aromatic carbocycles. The third-order valence-electron chi connectivity index (χ3n) is 3.79. The molecule has 1 amide bonds. The number of aromatic nitrogens is 1. The molecule has 2 N–H and O–H groups in total. The zero-order valence-electron chi connectivity index (χ0n) is 13.7. The number of nitrogens with zero attached hydrogens (tertiary/aromatic N) is 1. The summed E-state index contributed by atoms with van der Waals surface area (Å²) in [6.45, 7) is 3.77. The molecule has 0 aliphatic rings.